The van der Waals surface area contributed by atoms with E-state index in [9.17, 15) is 13.6 Å². The summed E-state index contributed by atoms with van der Waals surface area (Å²) >= 11 is 5.71. The van der Waals surface area contributed by atoms with Crippen LogP contribution in [0.1, 0.15) is 35.6 Å². The van der Waals surface area contributed by atoms with Gasteiger partial charge in [-0.1, -0.05) is 6.07 Å². The smallest absolute Gasteiger partial charge is 0.310 e. The Morgan fingerprint density at radius 3 is 2.63 bits per heavy atom. The first kappa shape index (κ1) is 15.4. The van der Waals surface area contributed by atoms with Crippen LogP contribution in [0.5, 0.6) is 0 Å². The van der Waals surface area contributed by atoms with Gasteiger partial charge in [0.05, 0.1) is 24.7 Å². The molecule has 19 heavy (non-hydrogen) atoms. The van der Waals surface area contributed by atoms with Crippen LogP contribution < -0.4 is 0 Å². The van der Waals surface area contributed by atoms with Crippen molar-refractivity contribution >= 4 is 17.6 Å². The minimum Gasteiger partial charge on any atom is -0.466 e. The number of nitrogens with zero attached hydrogens (tertiary/aromatic N) is 1. The van der Waals surface area contributed by atoms with Crippen LogP contribution in [0.2, 0.25) is 0 Å². The van der Waals surface area contributed by atoms with Gasteiger partial charge in [-0.05, 0) is 24.1 Å². The molecule has 0 spiro atoms. The lowest BCUT2D eigenvalue weighted by molar-refractivity contribution is -0.142. The van der Waals surface area contributed by atoms with E-state index in [0.717, 1.165) is 6.07 Å². The number of rotatable bonds is 5. The summed E-state index contributed by atoms with van der Waals surface area (Å²) < 4.78 is 30.6. The first-order valence-electron chi connectivity index (χ1n) is 5.59. The third kappa shape index (κ3) is 3.65. The van der Waals surface area contributed by atoms with Gasteiger partial charge in [0.25, 0.3) is 6.43 Å². The van der Waals surface area contributed by atoms with Gasteiger partial charge < -0.3 is 4.74 Å². The van der Waals surface area contributed by atoms with E-state index in [1.54, 1.807) is 6.92 Å². The Kier molecular flexibility index (Phi) is 5.71. The highest BCUT2D eigenvalue weighted by molar-refractivity contribution is 6.17. The molecule has 102 valence electrons. The maximum Gasteiger partial charge on any atom is 0.310 e. The van der Waals surface area contributed by atoms with Gasteiger partial charge in [0, 0.05) is 11.4 Å². The van der Waals surface area contributed by atoms with Crippen molar-refractivity contribution in [2.45, 2.75) is 25.7 Å². The highest BCUT2D eigenvalue weighted by Gasteiger charge is 2.21. The molecule has 0 aliphatic carbocycles. The summed E-state index contributed by atoms with van der Waals surface area (Å²) in [7, 11) is 0. The lowest BCUT2D eigenvalue weighted by Gasteiger charge is -2.14. The number of ether oxygens (including phenoxy) is 1. The van der Waals surface area contributed by atoms with Gasteiger partial charge >= 0.3 is 5.97 Å². The predicted octanol–water partition coefficient (Wildman–Crippen LogP) is 3.34. The average Bonchev–Trinajstić information content (AvgIpc) is 2.37. The number of halogens is 3. The topological polar surface area (TPSA) is 50.1 Å². The standard InChI is InChI=1S/C13H12ClF2NO2/c1-2-19-12(18)5-10-9(13(15)16)4-3-8(7-17)11(10)6-14/h3-4,13H,2,5-6H2,1H3. The molecular weight excluding hydrogens is 276 g/mol. The Balaban J connectivity index is 3.30. The zero-order valence-electron chi connectivity index (χ0n) is 10.3. The predicted molar refractivity (Wildman–Crippen MR) is 66.0 cm³/mol. The molecule has 0 heterocycles. The van der Waals surface area contributed by atoms with E-state index in [-0.39, 0.29) is 41.2 Å². The summed E-state index contributed by atoms with van der Waals surface area (Å²) in [6.45, 7) is 1.79. The maximum atomic E-state index is 12.9. The van der Waals surface area contributed by atoms with E-state index in [1.165, 1.54) is 6.07 Å². The van der Waals surface area contributed by atoms with Crippen LogP contribution in [0, 0.1) is 11.3 Å². The molecule has 0 N–H and O–H groups in total. The number of carbonyl (C=O) groups excluding carboxylic acids is 1. The van der Waals surface area contributed by atoms with Gasteiger partial charge in [0.15, 0.2) is 0 Å². The van der Waals surface area contributed by atoms with E-state index in [0.29, 0.717) is 0 Å². The quantitative estimate of drug-likeness (QED) is 0.616. The molecule has 0 aliphatic heterocycles. The van der Waals surface area contributed by atoms with Crippen molar-refractivity contribution in [2.75, 3.05) is 6.61 Å². The summed E-state index contributed by atoms with van der Waals surface area (Å²) in [6.07, 6.45) is -3.05. The van der Waals surface area contributed by atoms with Crippen molar-refractivity contribution in [1.29, 1.82) is 5.26 Å². The summed E-state index contributed by atoms with van der Waals surface area (Å²) in [6, 6.07) is 4.31. The fraction of sp³-hybridized carbons (Fsp3) is 0.385. The normalized spacial score (nSPS) is 10.3. The van der Waals surface area contributed by atoms with Gasteiger partial charge in [-0.25, -0.2) is 8.78 Å². The maximum absolute atomic E-state index is 12.9. The lowest BCUT2D eigenvalue weighted by Crippen LogP contribution is -2.12. The van der Waals surface area contributed by atoms with Gasteiger partial charge in [-0.2, -0.15) is 5.26 Å². The van der Waals surface area contributed by atoms with Crippen LogP contribution in [-0.2, 0) is 21.8 Å². The van der Waals surface area contributed by atoms with Crippen LogP contribution in [-0.4, -0.2) is 12.6 Å². The Hall–Kier alpha value is -1.67. The molecule has 0 saturated carbocycles. The lowest BCUT2D eigenvalue weighted by atomic mass is 9.95. The van der Waals surface area contributed by atoms with Crippen LogP contribution in [0.15, 0.2) is 12.1 Å². The van der Waals surface area contributed by atoms with E-state index < -0.39 is 12.4 Å². The molecule has 1 rings (SSSR count). The monoisotopic (exact) mass is 287 g/mol. The molecule has 0 bridgehead atoms. The molecule has 0 aromatic heterocycles. The van der Waals surface area contributed by atoms with E-state index in [1.807, 2.05) is 6.07 Å². The van der Waals surface area contributed by atoms with Crippen molar-refractivity contribution in [2.24, 2.45) is 0 Å². The number of hydrogen-bond donors (Lipinski definition) is 0. The highest BCUT2D eigenvalue weighted by Crippen LogP contribution is 2.29. The number of carbonyl (C=O) groups is 1. The van der Waals surface area contributed by atoms with Crippen LogP contribution in [0.3, 0.4) is 0 Å². The van der Waals surface area contributed by atoms with E-state index in [4.69, 9.17) is 21.6 Å². The Morgan fingerprint density at radius 2 is 2.16 bits per heavy atom. The molecule has 0 aliphatic rings. The molecule has 0 unspecified atom stereocenters. The van der Waals surface area contributed by atoms with E-state index >= 15 is 0 Å². The van der Waals surface area contributed by atoms with Gasteiger partial charge in [-0.3, -0.25) is 4.79 Å². The number of hydrogen-bond acceptors (Lipinski definition) is 3. The van der Waals surface area contributed by atoms with Crippen molar-refractivity contribution in [3.05, 3.63) is 34.4 Å². The number of esters is 1. The molecule has 0 atom stereocenters. The summed E-state index contributed by atoms with van der Waals surface area (Å²) in [5.74, 6) is -0.732. The number of alkyl halides is 3. The van der Waals surface area contributed by atoms with Crippen LogP contribution in [0.4, 0.5) is 8.78 Å². The van der Waals surface area contributed by atoms with Crippen molar-refractivity contribution in [3.63, 3.8) is 0 Å². The van der Waals surface area contributed by atoms with E-state index in [2.05, 4.69) is 0 Å². The first-order valence-corrected chi connectivity index (χ1v) is 6.13. The Bertz CT molecular complexity index is 512. The largest absolute Gasteiger partial charge is 0.466 e. The highest BCUT2D eigenvalue weighted by atomic mass is 35.5. The second kappa shape index (κ2) is 7.05. The molecule has 1 aromatic rings. The minimum absolute atomic E-state index is 0.0856. The second-order valence-electron chi connectivity index (χ2n) is 3.69. The van der Waals surface area contributed by atoms with Gasteiger partial charge in [0.1, 0.15) is 0 Å². The third-order valence-electron chi connectivity index (χ3n) is 2.58. The summed E-state index contributed by atoms with van der Waals surface area (Å²) in [5, 5.41) is 8.93. The van der Waals surface area contributed by atoms with Crippen molar-refractivity contribution in [3.8, 4) is 6.07 Å². The Morgan fingerprint density at radius 1 is 1.47 bits per heavy atom. The molecule has 0 amide bonds. The molecular formula is C13H12ClF2NO2. The Labute approximate surface area is 114 Å². The zero-order chi connectivity index (χ0) is 14.4. The summed E-state index contributed by atoms with van der Waals surface area (Å²) in [5.41, 5.74) is 0.249. The molecule has 0 radical (unpaired) electrons. The summed E-state index contributed by atoms with van der Waals surface area (Å²) in [4.78, 5) is 11.5. The molecule has 0 saturated heterocycles. The third-order valence-corrected chi connectivity index (χ3v) is 2.85. The van der Waals surface area contributed by atoms with Crippen molar-refractivity contribution < 1.29 is 18.3 Å². The van der Waals surface area contributed by atoms with Crippen LogP contribution in [0.25, 0.3) is 0 Å². The second-order valence-corrected chi connectivity index (χ2v) is 3.95. The SMILES string of the molecule is CCOC(=O)Cc1c(C(F)F)ccc(C#N)c1CCl. The molecule has 1 aromatic carbocycles. The first-order chi connectivity index (χ1) is 9.04. The zero-order valence-corrected chi connectivity index (χ0v) is 11.0. The minimum atomic E-state index is -2.74. The number of nitriles is 1. The number of benzene rings is 1. The van der Waals surface area contributed by atoms with Gasteiger partial charge in [0.2, 0.25) is 0 Å². The molecule has 6 heteroatoms. The molecule has 0 fully saturated rings. The van der Waals surface area contributed by atoms with Crippen LogP contribution >= 0.6 is 11.6 Å². The molecule has 3 nitrogen and oxygen atoms in total. The fourth-order valence-electron chi connectivity index (χ4n) is 1.74. The fourth-order valence-corrected chi connectivity index (χ4v) is 2.04. The average molecular weight is 288 g/mol. The van der Waals surface area contributed by atoms with Gasteiger partial charge in [-0.15, -0.1) is 11.6 Å². The van der Waals surface area contributed by atoms with Crippen molar-refractivity contribution in [1.82, 2.24) is 0 Å².